The van der Waals surface area contributed by atoms with Gasteiger partial charge in [-0.25, -0.2) is 9.59 Å². The molecule has 30 heavy (non-hydrogen) atoms. The molecule has 0 spiro atoms. The Kier molecular flexibility index (Phi) is 6.17. The third-order valence-electron chi connectivity index (χ3n) is 4.30. The Balaban J connectivity index is 1.63. The highest BCUT2D eigenvalue weighted by Crippen LogP contribution is 2.17. The van der Waals surface area contributed by atoms with Crippen LogP contribution in [0.3, 0.4) is 0 Å². The summed E-state index contributed by atoms with van der Waals surface area (Å²) in [6.45, 7) is 2.91. The second-order valence-corrected chi connectivity index (χ2v) is 6.52. The van der Waals surface area contributed by atoms with Crippen molar-refractivity contribution in [2.45, 2.75) is 13.8 Å². The standard InChI is InChI=1S/C24H18O6/c1-15(25)17-7-11-21(12-8-17)29-23(27)19-3-5-20(6-4-19)24(28)30-22-13-9-18(10-14-22)16(2)26/h3-14H,1-2H3. The first-order valence-corrected chi connectivity index (χ1v) is 9.10. The summed E-state index contributed by atoms with van der Waals surface area (Å²) < 4.78 is 10.5. The van der Waals surface area contributed by atoms with Crippen LogP contribution in [0.25, 0.3) is 0 Å². The number of rotatable bonds is 6. The van der Waals surface area contributed by atoms with E-state index in [2.05, 4.69) is 0 Å². The highest BCUT2D eigenvalue weighted by Gasteiger charge is 2.13. The minimum Gasteiger partial charge on any atom is -0.423 e. The first-order valence-electron chi connectivity index (χ1n) is 9.10. The van der Waals surface area contributed by atoms with Gasteiger partial charge >= 0.3 is 11.9 Å². The molecule has 3 aromatic carbocycles. The summed E-state index contributed by atoms with van der Waals surface area (Å²) in [5.74, 6) is -0.726. The highest BCUT2D eigenvalue weighted by molar-refractivity contribution is 5.96. The van der Waals surface area contributed by atoms with Crippen molar-refractivity contribution in [1.29, 1.82) is 0 Å². The molecule has 6 nitrogen and oxygen atoms in total. The third kappa shape index (κ3) is 5.05. The Hall–Kier alpha value is -4.06. The Bertz CT molecular complexity index is 1000. The quantitative estimate of drug-likeness (QED) is 0.342. The average Bonchev–Trinajstić information content (AvgIpc) is 2.74. The smallest absolute Gasteiger partial charge is 0.343 e. The van der Waals surface area contributed by atoms with E-state index in [4.69, 9.17) is 9.47 Å². The highest BCUT2D eigenvalue weighted by atomic mass is 16.5. The minimum atomic E-state index is -0.592. The molecule has 6 heteroatoms. The molecule has 3 rings (SSSR count). The Labute approximate surface area is 173 Å². The fourth-order valence-corrected chi connectivity index (χ4v) is 2.59. The molecule has 0 aromatic heterocycles. The molecule has 0 saturated heterocycles. The Morgan fingerprint density at radius 1 is 0.467 bits per heavy atom. The summed E-state index contributed by atoms with van der Waals surface area (Å²) in [5, 5.41) is 0. The van der Waals surface area contributed by atoms with E-state index in [9.17, 15) is 19.2 Å². The lowest BCUT2D eigenvalue weighted by Gasteiger charge is -2.07. The van der Waals surface area contributed by atoms with Gasteiger partial charge in [0.25, 0.3) is 0 Å². The van der Waals surface area contributed by atoms with Gasteiger partial charge in [0.15, 0.2) is 11.6 Å². The van der Waals surface area contributed by atoms with Crippen LogP contribution in [0.2, 0.25) is 0 Å². The molecule has 3 aromatic rings. The number of ketones is 2. The molecule has 150 valence electrons. The van der Waals surface area contributed by atoms with Gasteiger partial charge in [0.1, 0.15) is 11.5 Å². The monoisotopic (exact) mass is 402 g/mol. The number of hydrogen-bond acceptors (Lipinski definition) is 6. The molecule has 0 aliphatic carbocycles. The molecule has 0 bridgehead atoms. The second kappa shape index (κ2) is 8.96. The maximum Gasteiger partial charge on any atom is 0.343 e. The van der Waals surface area contributed by atoms with Gasteiger partial charge in [0.2, 0.25) is 0 Å². The first kappa shape index (κ1) is 20.7. The molecule has 0 atom stereocenters. The maximum absolute atomic E-state index is 12.3. The van der Waals surface area contributed by atoms with Gasteiger partial charge in [-0.05, 0) is 86.6 Å². The van der Waals surface area contributed by atoms with E-state index in [0.29, 0.717) is 22.6 Å². The summed E-state index contributed by atoms with van der Waals surface area (Å²) in [4.78, 5) is 47.1. The summed E-state index contributed by atoms with van der Waals surface area (Å²) in [5.41, 5.74) is 1.56. The van der Waals surface area contributed by atoms with Crippen LogP contribution in [-0.2, 0) is 0 Å². The van der Waals surface area contributed by atoms with Crippen molar-refractivity contribution in [3.63, 3.8) is 0 Å². The number of ether oxygens (including phenoxy) is 2. The average molecular weight is 402 g/mol. The van der Waals surface area contributed by atoms with E-state index in [1.54, 1.807) is 24.3 Å². The van der Waals surface area contributed by atoms with Crippen LogP contribution in [0.4, 0.5) is 0 Å². The van der Waals surface area contributed by atoms with Gasteiger partial charge in [-0.3, -0.25) is 9.59 Å². The van der Waals surface area contributed by atoms with Crippen LogP contribution in [0.5, 0.6) is 11.5 Å². The number of esters is 2. The molecule has 0 saturated carbocycles. The predicted octanol–water partition coefficient (Wildman–Crippen LogP) is 4.53. The number of carbonyl (C=O) groups excluding carboxylic acids is 4. The fraction of sp³-hybridized carbons (Fsp3) is 0.0833. The van der Waals surface area contributed by atoms with E-state index in [1.807, 2.05) is 0 Å². The maximum atomic E-state index is 12.3. The Morgan fingerprint density at radius 2 is 0.733 bits per heavy atom. The van der Waals surface area contributed by atoms with Gasteiger partial charge in [-0.2, -0.15) is 0 Å². The van der Waals surface area contributed by atoms with E-state index in [1.165, 1.54) is 62.4 Å². The third-order valence-corrected chi connectivity index (χ3v) is 4.30. The van der Waals surface area contributed by atoms with Gasteiger partial charge in [-0.1, -0.05) is 0 Å². The zero-order chi connectivity index (χ0) is 21.7. The van der Waals surface area contributed by atoms with Gasteiger partial charge in [0.05, 0.1) is 11.1 Å². The fourth-order valence-electron chi connectivity index (χ4n) is 2.59. The van der Waals surface area contributed by atoms with Gasteiger partial charge in [0, 0.05) is 11.1 Å². The molecule has 0 amide bonds. The first-order chi connectivity index (χ1) is 14.3. The van der Waals surface area contributed by atoms with E-state index in [0.717, 1.165) is 0 Å². The van der Waals surface area contributed by atoms with Crippen molar-refractivity contribution in [1.82, 2.24) is 0 Å². The molecule has 0 N–H and O–H groups in total. The topological polar surface area (TPSA) is 86.7 Å². The second-order valence-electron chi connectivity index (χ2n) is 6.52. The molecular formula is C24H18O6. The number of carbonyl (C=O) groups is 4. The molecular weight excluding hydrogens is 384 g/mol. The minimum absolute atomic E-state index is 0.0786. The molecule has 0 heterocycles. The zero-order valence-electron chi connectivity index (χ0n) is 16.4. The van der Waals surface area contributed by atoms with Crippen molar-refractivity contribution in [2.75, 3.05) is 0 Å². The van der Waals surface area contributed by atoms with Crippen LogP contribution in [-0.4, -0.2) is 23.5 Å². The number of Topliss-reactive ketones (excluding diaryl/α,β-unsaturated/α-hetero) is 2. The van der Waals surface area contributed by atoms with Crippen LogP contribution in [0, 0.1) is 0 Å². The molecule has 0 fully saturated rings. The van der Waals surface area contributed by atoms with Crippen LogP contribution in [0.15, 0.2) is 72.8 Å². The lowest BCUT2D eigenvalue weighted by molar-refractivity contribution is 0.0720. The molecule has 0 aliphatic heterocycles. The molecule has 0 radical (unpaired) electrons. The van der Waals surface area contributed by atoms with E-state index in [-0.39, 0.29) is 22.7 Å². The van der Waals surface area contributed by atoms with Crippen molar-refractivity contribution in [2.24, 2.45) is 0 Å². The zero-order valence-corrected chi connectivity index (χ0v) is 16.4. The largest absolute Gasteiger partial charge is 0.423 e. The van der Waals surface area contributed by atoms with Crippen molar-refractivity contribution >= 4 is 23.5 Å². The molecule has 0 aliphatic rings. The van der Waals surface area contributed by atoms with Gasteiger partial charge < -0.3 is 9.47 Å². The summed E-state index contributed by atoms with van der Waals surface area (Å²) >= 11 is 0. The van der Waals surface area contributed by atoms with Crippen molar-refractivity contribution in [3.05, 3.63) is 95.1 Å². The molecule has 0 unspecified atom stereocenters. The SMILES string of the molecule is CC(=O)c1ccc(OC(=O)c2ccc(C(=O)Oc3ccc(C(C)=O)cc3)cc2)cc1. The van der Waals surface area contributed by atoms with E-state index < -0.39 is 11.9 Å². The van der Waals surface area contributed by atoms with Crippen LogP contribution >= 0.6 is 0 Å². The van der Waals surface area contributed by atoms with Crippen LogP contribution < -0.4 is 9.47 Å². The summed E-state index contributed by atoms with van der Waals surface area (Å²) in [6, 6.07) is 18.3. The normalized spacial score (nSPS) is 10.2. The van der Waals surface area contributed by atoms with E-state index >= 15 is 0 Å². The van der Waals surface area contributed by atoms with Crippen molar-refractivity contribution in [3.8, 4) is 11.5 Å². The number of benzene rings is 3. The lowest BCUT2D eigenvalue weighted by atomic mass is 10.1. The Morgan fingerprint density at radius 3 is 1.00 bits per heavy atom. The summed E-state index contributed by atoms with van der Waals surface area (Å²) in [6.07, 6.45) is 0. The summed E-state index contributed by atoms with van der Waals surface area (Å²) in [7, 11) is 0. The predicted molar refractivity (Wildman–Crippen MR) is 109 cm³/mol. The van der Waals surface area contributed by atoms with Gasteiger partial charge in [-0.15, -0.1) is 0 Å². The lowest BCUT2D eigenvalue weighted by Crippen LogP contribution is -2.11. The van der Waals surface area contributed by atoms with Crippen molar-refractivity contribution < 1.29 is 28.7 Å². The number of hydrogen-bond donors (Lipinski definition) is 0. The van der Waals surface area contributed by atoms with Crippen LogP contribution in [0.1, 0.15) is 55.3 Å².